The number of primary amides is 1. The summed E-state index contributed by atoms with van der Waals surface area (Å²) < 4.78 is 28.1. The zero-order valence-corrected chi connectivity index (χ0v) is 23.9. The molecule has 210 valence electrons. The lowest BCUT2D eigenvalue weighted by molar-refractivity contribution is -0.121. The minimum atomic E-state index is -3.12. The molecule has 10 nitrogen and oxygen atoms in total. The zero-order chi connectivity index (χ0) is 28.8. The van der Waals surface area contributed by atoms with Crippen molar-refractivity contribution in [3.8, 4) is 17.1 Å². The van der Waals surface area contributed by atoms with Gasteiger partial charge in [-0.3, -0.25) is 23.3 Å². The molecule has 1 aliphatic heterocycles. The molecule has 1 saturated heterocycles. The smallest absolute Gasteiger partial charge is 0.332 e. The Kier molecular flexibility index (Phi) is 7.64. The van der Waals surface area contributed by atoms with Crippen LogP contribution in [0.15, 0.2) is 58.1 Å². The Hall–Kier alpha value is -3.41. The Labute approximate surface area is 239 Å². The minimum Gasteiger partial charge on any atom is -0.369 e. The summed E-state index contributed by atoms with van der Waals surface area (Å²) in [6, 6.07) is 13.8. The summed E-state index contributed by atoms with van der Waals surface area (Å²) in [6.07, 6.45) is 0.755. The first-order valence-corrected chi connectivity index (χ1v) is 15.3. The zero-order valence-electron chi connectivity index (χ0n) is 21.6. The van der Waals surface area contributed by atoms with E-state index in [-0.39, 0.29) is 41.7 Å². The van der Waals surface area contributed by atoms with E-state index in [0.717, 1.165) is 4.57 Å². The number of nitrogens with two attached hydrogens (primary N) is 1. The molecule has 1 atom stereocenters. The van der Waals surface area contributed by atoms with E-state index in [1.165, 1.54) is 4.57 Å². The van der Waals surface area contributed by atoms with Crippen LogP contribution < -0.4 is 17.0 Å². The van der Waals surface area contributed by atoms with Crippen molar-refractivity contribution in [3.05, 3.63) is 79.4 Å². The van der Waals surface area contributed by atoms with E-state index >= 15 is 0 Å². The van der Waals surface area contributed by atoms with Crippen LogP contribution in [0.3, 0.4) is 0 Å². The van der Waals surface area contributed by atoms with Crippen LogP contribution in [0.4, 0.5) is 0 Å². The second-order valence-electron chi connectivity index (χ2n) is 10.1. The third kappa shape index (κ3) is 5.33. The molecule has 0 aliphatic carbocycles. The van der Waals surface area contributed by atoms with E-state index < -0.39 is 32.9 Å². The molecule has 0 spiro atoms. The monoisotopic (exact) mass is 603 g/mol. The highest BCUT2D eigenvalue weighted by Crippen LogP contribution is 2.32. The Bertz CT molecular complexity index is 1830. The molecule has 2 aromatic carbocycles. The number of fused-ring (bicyclic) bond motifs is 1. The maximum Gasteiger partial charge on any atom is 0.332 e. The van der Waals surface area contributed by atoms with E-state index in [1.807, 2.05) is 0 Å². The quantitative estimate of drug-likeness (QED) is 0.344. The SMILES string of the molecule is C[C@@H](Cn1c(=O)c2c(nc(-c3ccccc3Cl)n2-c2ccc(Cl)cc2)n(CC2CCS(=O)(=O)CC2)c1=O)C(N)=O. The van der Waals surface area contributed by atoms with Crippen LogP contribution in [0.1, 0.15) is 19.8 Å². The lowest BCUT2D eigenvalue weighted by atomic mass is 10.0. The van der Waals surface area contributed by atoms with Crippen molar-refractivity contribution in [1.82, 2.24) is 18.7 Å². The van der Waals surface area contributed by atoms with E-state index in [2.05, 4.69) is 0 Å². The number of nitrogens with zero attached hydrogens (tertiary/aromatic N) is 4. The molecule has 1 fully saturated rings. The third-order valence-corrected chi connectivity index (χ3v) is 9.58. The molecule has 4 aromatic rings. The lowest BCUT2D eigenvalue weighted by Crippen LogP contribution is -2.44. The van der Waals surface area contributed by atoms with Gasteiger partial charge >= 0.3 is 5.69 Å². The molecule has 2 N–H and O–H groups in total. The average molecular weight is 605 g/mol. The number of halogens is 2. The number of carbonyl (C=O) groups is 1. The number of amides is 1. The number of sulfone groups is 1. The van der Waals surface area contributed by atoms with Crippen LogP contribution in [0.5, 0.6) is 0 Å². The van der Waals surface area contributed by atoms with E-state index in [1.54, 1.807) is 60.0 Å². The fourth-order valence-corrected chi connectivity index (χ4v) is 6.91. The van der Waals surface area contributed by atoms with Crippen LogP contribution in [0.25, 0.3) is 28.2 Å². The van der Waals surface area contributed by atoms with Crippen molar-refractivity contribution in [2.45, 2.75) is 32.9 Å². The molecule has 5 rings (SSSR count). The summed E-state index contributed by atoms with van der Waals surface area (Å²) in [4.78, 5) is 44.6. The molecular weight excluding hydrogens is 577 g/mol. The van der Waals surface area contributed by atoms with Gasteiger partial charge < -0.3 is 5.73 Å². The summed E-state index contributed by atoms with van der Waals surface area (Å²) in [7, 11) is -3.12. The van der Waals surface area contributed by atoms with Crippen LogP contribution >= 0.6 is 23.2 Å². The first kappa shape index (κ1) is 28.1. The predicted molar refractivity (Wildman–Crippen MR) is 155 cm³/mol. The standard InChI is InChI=1S/C27H27Cl2N5O5S/c1-16(23(30)35)14-33-26(36)22-25(32(27(33)37)15-17-10-12-40(38,39)13-11-17)31-24(20-4-2-3-5-21(20)29)34(22)19-8-6-18(28)7-9-19/h2-9,16-17H,10-15H2,1H3,(H2,30,35)/t16-/m0/s1. The number of aromatic nitrogens is 4. The Balaban J connectivity index is 1.83. The predicted octanol–water partition coefficient (Wildman–Crippen LogP) is 3.27. The minimum absolute atomic E-state index is 0.0258. The number of hydrogen-bond acceptors (Lipinski definition) is 6. The number of carbonyl (C=O) groups excluding carboxylic acids is 1. The molecular formula is C27H27Cl2N5O5S. The topological polar surface area (TPSA) is 139 Å². The number of hydrogen-bond donors (Lipinski definition) is 1. The van der Waals surface area contributed by atoms with Crippen molar-refractivity contribution in [1.29, 1.82) is 0 Å². The van der Waals surface area contributed by atoms with Gasteiger partial charge in [0.25, 0.3) is 5.56 Å². The van der Waals surface area contributed by atoms with Crippen molar-refractivity contribution in [2.24, 2.45) is 17.6 Å². The summed E-state index contributed by atoms with van der Waals surface area (Å²) in [5.41, 5.74) is 5.52. The second kappa shape index (κ2) is 10.9. The molecule has 1 amide bonds. The molecule has 13 heteroatoms. The van der Waals surface area contributed by atoms with Crippen molar-refractivity contribution >= 4 is 50.1 Å². The van der Waals surface area contributed by atoms with Gasteiger partial charge in [-0.05, 0) is 55.2 Å². The van der Waals surface area contributed by atoms with Crippen LogP contribution in [0.2, 0.25) is 10.0 Å². The number of benzene rings is 2. The maximum atomic E-state index is 14.0. The molecule has 40 heavy (non-hydrogen) atoms. The Morgan fingerprint density at radius 3 is 2.33 bits per heavy atom. The molecule has 3 heterocycles. The number of rotatable bonds is 7. The first-order valence-electron chi connectivity index (χ1n) is 12.7. The largest absolute Gasteiger partial charge is 0.369 e. The highest BCUT2D eigenvalue weighted by Gasteiger charge is 2.29. The van der Waals surface area contributed by atoms with Crippen molar-refractivity contribution < 1.29 is 13.2 Å². The van der Waals surface area contributed by atoms with Gasteiger partial charge in [0.05, 0.1) is 22.4 Å². The second-order valence-corrected chi connectivity index (χ2v) is 13.3. The summed E-state index contributed by atoms with van der Waals surface area (Å²) in [5, 5.41) is 0.881. The Morgan fingerprint density at radius 2 is 1.70 bits per heavy atom. The van der Waals surface area contributed by atoms with Gasteiger partial charge in [0.2, 0.25) is 5.91 Å². The van der Waals surface area contributed by atoms with Crippen LogP contribution in [0, 0.1) is 11.8 Å². The molecule has 0 saturated carbocycles. The van der Waals surface area contributed by atoms with Gasteiger partial charge in [0, 0.05) is 29.4 Å². The fraction of sp³-hybridized carbons (Fsp3) is 0.333. The molecule has 0 radical (unpaired) electrons. The maximum absolute atomic E-state index is 14.0. The van der Waals surface area contributed by atoms with Gasteiger partial charge in [0.1, 0.15) is 15.7 Å². The summed E-state index contributed by atoms with van der Waals surface area (Å²) >= 11 is 12.7. The summed E-state index contributed by atoms with van der Waals surface area (Å²) in [5.74, 6) is -1.20. The fourth-order valence-electron chi connectivity index (χ4n) is 4.97. The van der Waals surface area contributed by atoms with E-state index in [4.69, 9.17) is 33.9 Å². The highest BCUT2D eigenvalue weighted by molar-refractivity contribution is 7.91. The molecule has 0 bridgehead atoms. The van der Waals surface area contributed by atoms with Crippen molar-refractivity contribution in [3.63, 3.8) is 0 Å². The van der Waals surface area contributed by atoms with Gasteiger partial charge in [0.15, 0.2) is 11.2 Å². The van der Waals surface area contributed by atoms with Gasteiger partial charge in [-0.1, -0.05) is 42.3 Å². The number of imidazole rings is 1. The normalized spacial score (nSPS) is 16.3. The average Bonchev–Trinajstić information content (AvgIpc) is 3.30. The van der Waals surface area contributed by atoms with Crippen molar-refractivity contribution in [2.75, 3.05) is 11.5 Å². The van der Waals surface area contributed by atoms with Gasteiger partial charge in [-0.2, -0.15) is 0 Å². The van der Waals surface area contributed by atoms with Crippen LogP contribution in [-0.4, -0.2) is 44.5 Å². The lowest BCUT2D eigenvalue weighted by Gasteiger charge is -2.23. The summed E-state index contributed by atoms with van der Waals surface area (Å²) in [6.45, 7) is 1.46. The molecule has 1 aliphatic rings. The van der Waals surface area contributed by atoms with Gasteiger partial charge in [-0.25, -0.2) is 18.2 Å². The molecule has 2 aromatic heterocycles. The Morgan fingerprint density at radius 1 is 1.05 bits per heavy atom. The van der Waals surface area contributed by atoms with Gasteiger partial charge in [-0.15, -0.1) is 0 Å². The first-order chi connectivity index (χ1) is 19.0. The van der Waals surface area contributed by atoms with E-state index in [9.17, 15) is 22.8 Å². The highest BCUT2D eigenvalue weighted by atomic mass is 35.5. The van der Waals surface area contributed by atoms with Crippen LogP contribution in [-0.2, 0) is 27.7 Å². The third-order valence-electron chi connectivity index (χ3n) is 7.28. The van der Waals surface area contributed by atoms with E-state index in [0.29, 0.717) is 40.0 Å². The molecule has 0 unspecified atom stereocenters.